The van der Waals surface area contributed by atoms with Crippen molar-refractivity contribution in [3.05, 3.63) is 57.0 Å². The summed E-state index contributed by atoms with van der Waals surface area (Å²) in [6, 6.07) is 10.6. The lowest BCUT2D eigenvalue weighted by atomic mass is 10.00. The summed E-state index contributed by atoms with van der Waals surface area (Å²) in [4.78, 5) is 14.4. The maximum absolute atomic E-state index is 12.8. The maximum atomic E-state index is 12.8. The Morgan fingerprint density at radius 1 is 1.24 bits per heavy atom. The number of amides is 1. The first-order valence-corrected chi connectivity index (χ1v) is 7.83. The van der Waals surface area contributed by atoms with Crippen LogP contribution in [-0.2, 0) is 6.42 Å². The SMILES string of the molecule is O=C(c1cccc(Br)c1Cl)N1CCCc2cccc(O)c21. The number of fused-ring (bicyclic) bond motifs is 1. The highest BCUT2D eigenvalue weighted by Gasteiger charge is 2.27. The Bertz CT molecular complexity index is 717. The molecule has 108 valence electrons. The molecule has 21 heavy (non-hydrogen) atoms. The molecule has 0 spiro atoms. The van der Waals surface area contributed by atoms with Gasteiger partial charge < -0.3 is 10.0 Å². The molecule has 3 nitrogen and oxygen atoms in total. The quantitative estimate of drug-likeness (QED) is 0.812. The highest BCUT2D eigenvalue weighted by atomic mass is 79.9. The molecule has 0 radical (unpaired) electrons. The molecular weight excluding hydrogens is 354 g/mol. The largest absolute Gasteiger partial charge is 0.506 e. The van der Waals surface area contributed by atoms with Crippen LogP contribution >= 0.6 is 27.5 Å². The van der Waals surface area contributed by atoms with E-state index in [2.05, 4.69) is 15.9 Å². The molecule has 2 aromatic carbocycles. The Hall–Kier alpha value is -1.52. The lowest BCUT2D eigenvalue weighted by Gasteiger charge is -2.30. The van der Waals surface area contributed by atoms with Crippen molar-refractivity contribution in [3.8, 4) is 5.75 Å². The molecule has 1 heterocycles. The van der Waals surface area contributed by atoms with Gasteiger partial charge in [0.15, 0.2) is 0 Å². The van der Waals surface area contributed by atoms with Crippen LogP contribution in [0.3, 0.4) is 0 Å². The maximum Gasteiger partial charge on any atom is 0.259 e. The average molecular weight is 367 g/mol. The predicted molar refractivity (Wildman–Crippen MR) is 87.3 cm³/mol. The molecule has 0 unspecified atom stereocenters. The molecule has 0 aliphatic carbocycles. The van der Waals surface area contributed by atoms with Crippen molar-refractivity contribution >= 4 is 39.1 Å². The van der Waals surface area contributed by atoms with Crippen molar-refractivity contribution in [2.75, 3.05) is 11.4 Å². The normalized spacial score (nSPS) is 13.9. The fourth-order valence-electron chi connectivity index (χ4n) is 2.65. The van der Waals surface area contributed by atoms with Crippen LogP contribution in [0.25, 0.3) is 0 Å². The minimum Gasteiger partial charge on any atom is -0.506 e. The number of para-hydroxylation sites is 1. The number of carbonyl (C=O) groups is 1. The molecule has 3 rings (SSSR count). The zero-order chi connectivity index (χ0) is 15.0. The van der Waals surface area contributed by atoms with Gasteiger partial charge in [0, 0.05) is 11.0 Å². The first-order valence-electron chi connectivity index (χ1n) is 6.66. The lowest BCUT2D eigenvalue weighted by molar-refractivity contribution is 0.0984. The van der Waals surface area contributed by atoms with Crippen LogP contribution in [0, 0.1) is 0 Å². The molecule has 0 fully saturated rings. The van der Waals surface area contributed by atoms with Gasteiger partial charge in [-0.3, -0.25) is 4.79 Å². The van der Waals surface area contributed by atoms with Crippen LogP contribution in [0.1, 0.15) is 22.3 Å². The highest BCUT2D eigenvalue weighted by Crippen LogP contribution is 2.37. The summed E-state index contributed by atoms with van der Waals surface area (Å²) >= 11 is 9.55. The van der Waals surface area contributed by atoms with Gasteiger partial charge >= 0.3 is 0 Å². The number of hydrogen-bond donors (Lipinski definition) is 1. The van der Waals surface area contributed by atoms with Gasteiger partial charge in [-0.05, 0) is 52.5 Å². The zero-order valence-electron chi connectivity index (χ0n) is 11.1. The van der Waals surface area contributed by atoms with Gasteiger partial charge in [0.1, 0.15) is 5.75 Å². The Labute approximate surface area is 136 Å². The van der Waals surface area contributed by atoms with Crippen molar-refractivity contribution in [2.45, 2.75) is 12.8 Å². The third-order valence-electron chi connectivity index (χ3n) is 3.62. The number of aryl methyl sites for hydroxylation is 1. The predicted octanol–water partition coefficient (Wildman–Crippen LogP) is 4.40. The smallest absolute Gasteiger partial charge is 0.259 e. The number of carbonyl (C=O) groups excluding carboxylic acids is 1. The minimum absolute atomic E-state index is 0.131. The summed E-state index contributed by atoms with van der Waals surface area (Å²) in [7, 11) is 0. The number of benzene rings is 2. The van der Waals surface area contributed by atoms with Crippen LogP contribution in [0.2, 0.25) is 5.02 Å². The van der Waals surface area contributed by atoms with Gasteiger partial charge in [0.05, 0.1) is 16.3 Å². The van der Waals surface area contributed by atoms with Gasteiger partial charge in [-0.1, -0.05) is 29.8 Å². The summed E-state index contributed by atoms with van der Waals surface area (Å²) in [5.74, 6) is -0.0598. The molecule has 1 aliphatic rings. The molecule has 5 heteroatoms. The lowest BCUT2D eigenvalue weighted by Crippen LogP contribution is -2.35. The van der Waals surface area contributed by atoms with Crippen LogP contribution in [-0.4, -0.2) is 17.6 Å². The second kappa shape index (κ2) is 5.70. The third kappa shape index (κ3) is 2.54. The second-order valence-corrected chi connectivity index (χ2v) is 6.18. The number of phenolic OH excluding ortho intramolecular Hbond substituents is 1. The molecule has 0 atom stereocenters. The van der Waals surface area contributed by atoms with Crippen molar-refractivity contribution in [2.24, 2.45) is 0 Å². The number of nitrogens with zero attached hydrogens (tertiary/aromatic N) is 1. The summed E-state index contributed by atoms with van der Waals surface area (Å²) in [6.07, 6.45) is 1.73. The van der Waals surface area contributed by atoms with Crippen LogP contribution in [0.15, 0.2) is 40.9 Å². The monoisotopic (exact) mass is 365 g/mol. The third-order valence-corrected chi connectivity index (χ3v) is 4.92. The van der Waals surface area contributed by atoms with E-state index in [1.807, 2.05) is 6.07 Å². The fourth-order valence-corrected chi connectivity index (χ4v) is 3.22. The van der Waals surface area contributed by atoms with E-state index in [4.69, 9.17) is 11.6 Å². The number of aromatic hydroxyl groups is 1. The van der Waals surface area contributed by atoms with Gasteiger partial charge in [0.2, 0.25) is 0 Å². The Balaban J connectivity index is 2.07. The van der Waals surface area contributed by atoms with Crippen molar-refractivity contribution in [3.63, 3.8) is 0 Å². The van der Waals surface area contributed by atoms with Crippen molar-refractivity contribution < 1.29 is 9.90 Å². The number of rotatable bonds is 1. The number of anilines is 1. The van der Waals surface area contributed by atoms with E-state index in [9.17, 15) is 9.90 Å². The van der Waals surface area contributed by atoms with E-state index < -0.39 is 0 Å². The van der Waals surface area contributed by atoms with Gasteiger partial charge in [0.25, 0.3) is 5.91 Å². The Morgan fingerprint density at radius 3 is 2.81 bits per heavy atom. The Kier molecular flexibility index (Phi) is 3.91. The zero-order valence-corrected chi connectivity index (χ0v) is 13.5. The molecular formula is C16H13BrClNO2. The van der Waals surface area contributed by atoms with Gasteiger partial charge in [-0.25, -0.2) is 0 Å². The van der Waals surface area contributed by atoms with E-state index in [0.717, 1.165) is 18.4 Å². The van der Waals surface area contributed by atoms with Crippen molar-refractivity contribution in [1.29, 1.82) is 0 Å². The Morgan fingerprint density at radius 2 is 2.00 bits per heavy atom. The fraction of sp³-hybridized carbons (Fsp3) is 0.188. The molecule has 1 N–H and O–H groups in total. The summed E-state index contributed by atoms with van der Waals surface area (Å²) < 4.78 is 0.685. The van der Waals surface area contributed by atoms with Crippen LogP contribution in [0.5, 0.6) is 5.75 Å². The van der Waals surface area contributed by atoms with Crippen molar-refractivity contribution in [1.82, 2.24) is 0 Å². The second-order valence-electron chi connectivity index (χ2n) is 4.95. The first kappa shape index (κ1) is 14.4. The molecule has 0 bridgehead atoms. The molecule has 1 aliphatic heterocycles. The van der Waals surface area contributed by atoms with E-state index in [0.29, 0.717) is 27.3 Å². The van der Waals surface area contributed by atoms with E-state index in [1.54, 1.807) is 35.2 Å². The van der Waals surface area contributed by atoms with E-state index >= 15 is 0 Å². The van der Waals surface area contributed by atoms with E-state index in [-0.39, 0.29) is 11.7 Å². The molecule has 0 saturated heterocycles. The summed E-state index contributed by atoms with van der Waals surface area (Å²) in [6.45, 7) is 0.576. The average Bonchev–Trinajstić information content (AvgIpc) is 2.49. The number of halogens is 2. The van der Waals surface area contributed by atoms with Crippen LogP contribution < -0.4 is 4.90 Å². The molecule has 0 saturated carbocycles. The molecule has 0 aromatic heterocycles. The molecule has 1 amide bonds. The summed E-state index contributed by atoms with van der Waals surface area (Å²) in [5, 5.41) is 10.5. The number of phenols is 1. The minimum atomic E-state index is -0.191. The first-order chi connectivity index (χ1) is 10.1. The topological polar surface area (TPSA) is 40.5 Å². The number of hydrogen-bond acceptors (Lipinski definition) is 2. The molecule has 2 aromatic rings. The highest BCUT2D eigenvalue weighted by molar-refractivity contribution is 9.10. The standard InChI is InChI=1S/C16H13BrClNO2/c17-12-7-2-6-11(14(12)18)16(21)19-9-3-5-10-4-1-8-13(20)15(10)19/h1-2,4,6-8,20H,3,5,9H2. The van der Waals surface area contributed by atoms with Gasteiger partial charge in [-0.2, -0.15) is 0 Å². The van der Waals surface area contributed by atoms with Crippen LogP contribution in [0.4, 0.5) is 5.69 Å². The van der Waals surface area contributed by atoms with Gasteiger partial charge in [-0.15, -0.1) is 0 Å². The van der Waals surface area contributed by atoms with E-state index in [1.165, 1.54) is 0 Å². The summed E-state index contributed by atoms with van der Waals surface area (Å²) in [5.41, 5.74) is 2.02.